The van der Waals surface area contributed by atoms with Crippen molar-refractivity contribution in [2.45, 2.75) is 11.3 Å². The summed E-state index contributed by atoms with van der Waals surface area (Å²) in [5.41, 5.74) is 1.99. The lowest BCUT2D eigenvalue weighted by atomic mass is 10.2. The maximum absolute atomic E-state index is 11.8. The van der Waals surface area contributed by atoms with Crippen LogP contribution in [0.5, 0.6) is 0 Å². The molecule has 2 aliphatic rings. The van der Waals surface area contributed by atoms with Gasteiger partial charge in [-0.25, -0.2) is 8.42 Å². The van der Waals surface area contributed by atoms with Gasteiger partial charge >= 0.3 is 0 Å². The Morgan fingerprint density at radius 1 is 1.25 bits per heavy atom. The van der Waals surface area contributed by atoms with Crippen LogP contribution >= 0.6 is 11.8 Å². The Balaban J connectivity index is 1.91. The van der Waals surface area contributed by atoms with Crippen LogP contribution in [-0.4, -0.2) is 50.5 Å². The quantitative estimate of drug-likeness (QED) is 0.894. The van der Waals surface area contributed by atoms with Crippen molar-refractivity contribution in [1.29, 1.82) is 5.41 Å². The van der Waals surface area contributed by atoms with Crippen molar-refractivity contribution in [2.75, 3.05) is 35.4 Å². The van der Waals surface area contributed by atoms with Gasteiger partial charge in [-0.2, -0.15) is 0 Å². The van der Waals surface area contributed by atoms with Gasteiger partial charge in [-0.15, -0.1) is 0 Å². The van der Waals surface area contributed by atoms with Crippen molar-refractivity contribution in [3.63, 3.8) is 0 Å². The molecule has 2 aliphatic heterocycles. The number of sulfone groups is 1. The van der Waals surface area contributed by atoms with Crippen molar-refractivity contribution in [2.24, 2.45) is 0 Å². The third kappa shape index (κ3) is 2.29. The minimum atomic E-state index is -2.96. The van der Waals surface area contributed by atoms with E-state index in [2.05, 4.69) is 0 Å². The molecule has 1 aromatic carbocycles. The number of hydrogen-bond acceptors (Lipinski definition) is 5. The topological polar surface area (TPSA) is 64.5 Å². The fourth-order valence-electron chi connectivity index (χ4n) is 2.72. The zero-order valence-electron chi connectivity index (χ0n) is 11.4. The van der Waals surface area contributed by atoms with Gasteiger partial charge in [-0.05, 0) is 24.3 Å². The molecule has 2 atom stereocenters. The lowest BCUT2D eigenvalue weighted by molar-refractivity contribution is 0.601. The predicted molar refractivity (Wildman–Crippen MR) is 84.8 cm³/mol. The summed E-state index contributed by atoms with van der Waals surface area (Å²) in [5, 5.41) is 8.54. The van der Waals surface area contributed by atoms with Crippen molar-refractivity contribution < 1.29 is 8.42 Å². The van der Waals surface area contributed by atoms with Gasteiger partial charge in [-0.1, -0.05) is 11.8 Å². The molecule has 2 heterocycles. The number of thioether (sulfide) groups is 1. The van der Waals surface area contributed by atoms with Gasteiger partial charge < -0.3 is 9.80 Å². The Morgan fingerprint density at radius 2 is 1.90 bits per heavy atom. The molecule has 2 saturated heterocycles. The number of amidine groups is 1. The van der Waals surface area contributed by atoms with Crippen LogP contribution in [0.15, 0.2) is 24.3 Å². The molecule has 5 nitrogen and oxygen atoms in total. The third-order valence-corrected chi connectivity index (χ3v) is 6.86. The van der Waals surface area contributed by atoms with Crippen LogP contribution in [0.1, 0.15) is 0 Å². The highest BCUT2D eigenvalue weighted by Gasteiger charge is 2.48. The van der Waals surface area contributed by atoms with E-state index in [0.717, 1.165) is 11.4 Å². The highest BCUT2D eigenvalue weighted by atomic mass is 32.2. The van der Waals surface area contributed by atoms with E-state index in [1.54, 1.807) is 0 Å². The summed E-state index contributed by atoms with van der Waals surface area (Å²) >= 11 is 1.37. The van der Waals surface area contributed by atoms with Crippen molar-refractivity contribution in [3.05, 3.63) is 24.3 Å². The van der Waals surface area contributed by atoms with Crippen LogP contribution in [0, 0.1) is 5.41 Å². The third-order valence-electron chi connectivity index (χ3n) is 3.73. The molecule has 0 bridgehead atoms. The molecule has 20 heavy (non-hydrogen) atoms. The number of benzene rings is 1. The van der Waals surface area contributed by atoms with Gasteiger partial charge in [0.15, 0.2) is 15.0 Å². The summed E-state index contributed by atoms with van der Waals surface area (Å²) in [6.07, 6.45) is 0. The van der Waals surface area contributed by atoms with Crippen LogP contribution in [0.2, 0.25) is 0 Å². The molecule has 0 aromatic heterocycles. The van der Waals surface area contributed by atoms with Crippen molar-refractivity contribution in [1.82, 2.24) is 0 Å². The molecule has 0 spiro atoms. The van der Waals surface area contributed by atoms with Crippen LogP contribution in [-0.2, 0) is 9.84 Å². The van der Waals surface area contributed by atoms with Gasteiger partial charge in [0, 0.05) is 30.7 Å². The van der Waals surface area contributed by atoms with E-state index in [9.17, 15) is 8.42 Å². The molecule has 2 unspecified atom stereocenters. The molecular weight excluding hydrogens is 294 g/mol. The fraction of sp³-hybridized carbons (Fsp3) is 0.462. The summed E-state index contributed by atoms with van der Waals surface area (Å²) in [7, 11) is 0.990. The second-order valence-electron chi connectivity index (χ2n) is 5.39. The zero-order chi connectivity index (χ0) is 14.5. The highest BCUT2D eigenvalue weighted by molar-refractivity contribution is 8.15. The zero-order valence-corrected chi connectivity index (χ0v) is 13.0. The molecule has 2 fully saturated rings. The molecule has 108 valence electrons. The van der Waals surface area contributed by atoms with Crippen LogP contribution in [0.4, 0.5) is 11.4 Å². The first-order valence-electron chi connectivity index (χ1n) is 6.40. The van der Waals surface area contributed by atoms with Gasteiger partial charge in [0.1, 0.15) is 0 Å². The standard InChI is InChI=1S/C13H17N3O2S2/c1-15(2)9-3-5-10(6-4-9)16-11-7-20(17,18)8-12(11)19-13(16)14/h3-6,11-12,14H,7-8H2,1-2H3. The first kappa shape index (κ1) is 13.8. The van der Waals surface area contributed by atoms with E-state index in [1.807, 2.05) is 48.2 Å². The molecule has 1 N–H and O–H groups in total. The van der Waals surface area contributed by atoms with Gasteiger partial charge in [-0.3, -0.25) is 5.41 Å². The molecule has 7 heteroatoms. The Labute approximate surface area is 123 Å². The Bertz CT molecular complexity index is 640. The predicted octanol–water partition coefficient (Wildman–Crippen LogP) is 1.41. The molecule has 0 aliphatic carbocycles. The number of nitrogens with one attached hydrogen (secondary N) is 1. The number of fused-ring (bicyclic) bond motifs is 1. The molecule has 0 radical (unpaired) electrons. The van der Waals surface area contributed by atoms with E-state index in [0.29, 0.717) is 5.17 Å². The Morgan fingerprint density at radius 3 is 2.50 bits per heavy atom. The van der Waals surface area contributed by atoms with E-state index in [1.165, 1.54) is 11.8 Å². The molecule has 3 rings (SSSR count). The minimum Gasteiger partial charge on any atom is -0.378 e. The van der Waals surface area contributed by atoms with E-state index in [-0.39, 0.29) is 22.8 Å². The molecule has 0 amide bonds. The van der Waals surface area contributed by atoms with Crippen molar-refractivity contribution >= 4 is 38.1 Å². The van der Waals surface area contributed by atoms with Crippen LogP contribution in [0.3, 0.4) is 0 Å². The van der Waals surface area contributed by atoms with Gasteiger partial charge in [0.25, 0.3) is 0 Å². The number of nitrogens with zero attached hydrogens (tertiary/aromatic N) is 2. The summed E-state index contributed by atoms with van der Waals surface area (Å²) in [4.78, 5) is 3.87. The summed E-state index contributed by atoms with van der Waals surface area (Å²) < 4.78 is 23.5. The average Bonchev–Trinajstić information content (AvgIpc) is 2.79. The fourth-order valence-corrected chi connectivity index (χ4v) is 6.51. The lowest BCUT2D eigenvalue weighted by Gasteiger charge is -2.24. The summed E-state index contributed by atoms with van der Waals surface area (Å²) in [6.45, 7) is 0. The summed E-state index contributed by atoms with van der Waals surface area (Å²) in [6, 6.07) is 7.80. The lowest BCUT2D eigenvalue weighted by Crippen LogP contribution is -2.37. The van der Waals surface area contributed by atoms with Crippen LogP contribution < -0.4 is 9.80 Å². The summed E-state index contributed by atoms with van der Waals surface area (Å²) in [5.74, 6) is 0.347. The number of rotatable bonds is 2. The molecule has 0 saturated carbocycles. The van der Waals surface area contributed by atoms with E-state index >= 15 is 0 Å². The van der Waals surface area contributed by atoms with E-state index in [4.69, 9.17) is 5.41 Å². The Hall–Kier alpha value is -1.21. The largest absolute Gasteiger partial charge is 0.378 e. The number of anilines is 2. The second kappa shape index (κ2) is 4.66. The molecule has 1 aromatic rings. The first-order chi connectivity index (χ1) is 9.37. The van der Waals surface area contributed by atoms with Crippen LogP contribution in [0.25, 0.3) is 0 Å². The Kier molecular flexibility index (Phi) is 3.21. The minimum absolute atomic E-state index is 0.000949. The van der Waals surface area contributed by atoms with Gasteiger partial charge in [0.2, 0.25) is 0 Å². The normalized spacial score (nSPS) is 27.7. The highest BCUT2D eigenvalue weighted by Crippen LogP contribution is 2.40. The van der Waals surface area contributed by atoms with E-state index < -0.39 is 9.84 Å². The molecular formula is C13H17N3O2S2. The second-order valence-corrected chi connectivity index (χ2v) is 8.77. The SMILES string of the molecule is CN(C)c1ccc(N2C(=N)SC3CS(=O)(=O)CC32)cc1. The van der Waals surface area contributed by atoms with Crippen molar-refractivity contribution in [3.8, 4) is 0 Å². The first-order valence-corrected chi connectivity index (χ1v) is 9.10. The number of hydrogen-bond donors (Lipinski definition) is 1. The monoisotopic (exact) mass is 311 g/mol. The van der Waals surface area contributed by atoms with Gasteiger partial charge in [0.05, 0.1) is 17.5 Å². The average molecular weight is 311 g/mol. The smallest absolute Gasteiger partial charge is 0.161 e. The maximum atomic E-state index is 11.8. The maximum Gasteiger partial charge on any atom is 0.161 e.